The number of H-pyrrole nitrogens is 1. The van der Waals surface area contributed by atoms with E-state index < -0.39 is 11.8 Å². The molecule has 0 saturated carbocycles. The molecular formula is C22H25N3O2. The topological polar surface area (TPSA) is 74.0 Å². The van der Waals surface area contributed by atoms with Gasteiger partial charge in [-0.3, -0.25) is 9.59 Å². The maximum absolute atomic E-state index is 12.1. The minimum Gasteiger partial charge on any atom is -0.361 e. The van der Waals surface area contributed by atoms with Crippen molar-refractivity contribution in [3.05, 3.63) is 65.9 Å². The highest BCUT2D eigenvalue weighted by Gasteiger charge is 2.16. The number of fused-ring (bicyclic) bond motifs is 1. The molecule has 1 aromatic heterocycles. The number of amides is 2. The number of aromatic amines is 1. The third kappa shape index (κ3) is 4.56. The molecule has 0 bridgehead atoms. The van der Waals surface area contributed by atoms with E-state index in [1.807, 2.05) is 54.7 Å². The first-order valence-electron chi connectivity index (χ1n) is 9.09. The Hall–Kier alpha value is -3.08. The Balaban J connectivity index is 1.51. The van der Waals surface area contributed by atoms with Crippen molar-refractivity contribution in [3.8, 4) is 0 Å². The highest BCUT2D eigenvalue weighted by Crippen LogP contribution is 2.23. The van der Waals surface area contributed by atoms with Gasteiger partial charge in [-0.05, 0) is 41.2 Å². The van der Waals surface area contributed by atoms with Crippen LogP contribution in [0.15, 0.2) is 54.7 Å². The number of benzene rings is 2. The lowest BCUT2D eigenvalue weighted by Gasteiger charge is -2.19. The summed E-state index contributed by atoms with van der Waals surface area (Å²) in [6.45, 7) is 6.78. The average Bonchev–Trinajstić information content (AvgIpc) is 3.04. The van der Waals surface area contributed by atoms with Gasteiger partial charge in [0.1, 0.15) is 0 Å². The second-order valence-corrected chi connectivity index (χ2v) is 7.65. The molecule has 0 atom stereocenters. The number of anilines is 1. The van der Waals surface area contributed by atoms with Gasteiger partial charge in [0.25, 0.3) is 0 Å². The van der Waals surface area contributed by atoms with E-state index in [-0.39, 0.29) is 5.41 Å². The Morgan fingerprint density at radius 3 is 2.37 bits per heavy atom. The fourth-order valence-electron chi connectivity index (χ4n) is 2.97. The van der Waals surface area contributed by atoms with Crippen molar-refractivity contribution in [1.29, 1.82) is 0 Å². The van der Waals surface area contributed by atoms with Gasteiger partial charge >= 0.3 is 11.8 Å². The molecule has 0 aliphatic rings. The Morgan fingerprint density at radius 1 is 0.963 bits per heavy atom. The van der Waals surface area contributed by atoms with Crippen LogP contribution in [0.1, 0.15) is 31.9 Å². The van der Waals surface area contributed by atoms with E-state index in [0.29, 0.717) is 18.7 Å². The molecule has 2 aromatic carbocycles. The van der Waals surface area contributed by atoms with Crippen LogP contribution in [0.5, 0.6) is 0 Å². The van der Waals surface area contributed by atoms with Crippen molar-refractivity contribution in [3.63, 3.8) is 0 Å². The monoisotopic (exact) mass is 363 g/mol. The molecule has 2 amide bonds. The first-order chi connectivity index (χ1) is 12.8. The molecule has 0 radical (unpaired) electrons. The van der Waals surface area contributed by atoms with E-state index in [0.717, 1.165) is 16.5 Å². The summed E-state index contributed by atoms with van der Waals surface area (Å²) in [4.78, 5) is 27.3. The number of hydrogen-bond donors (Lipinski definition) is 3. The van der Waals surface area contributed by atoms with Crippen LogP contribution in [0.4, 0.5) is 5.69 Å². The lowest BCUT2D eigenvalue weighted by Crippen LogP contribution is -2.36. The molecule has 3 rings (SSSR count). The molecule has 5 heteroatoms. The summed E-state index contributed by atoms with van der Waals surface area (Å²) in [5.74, 6) is -1.29. The van der Waals surface area contributed by atoms with E-state index in [2.05, 4.69) is 36.4 Å². The van der Waals surface area contributed by atoms with Crippen LogP contribution in [0.3, 0.4) is 0 Å². The molecule has 0 spiro atoms. The highest BCUT2D eigenvalue weighted by atomic mass is 16.2. The SMILES string of the molecule is CC(C)(C)c1ccc(NC(=O)C(=O)NCCc2c[nH]c3ccccc23)cc1. The van der Waals surface area contributed by atoms with Gasteiger partial charge in [-0.25, -0.2) is 0 Å². The highest BCUT2D eigenvalue weighted by molar-refractivity contribution is 6.39. The molecule has 140 valence electrons. The second kappa shape index (κ2) is 7.66. The van der Waals surface area contributed by atoms with Crippen molar-refractivity contribution < 1.29 is 9.59 Å². The van der Waals surface area contributed by atoms with Crippen molar-refractivity contribution in [2.75, 3.05) is 11.9 Å². The van der Waals surface area contributed by atoms with Crippen LogP contribution >= 0.6 is 0 Å². The van der Waals surface area contributed by atoms with Crippen LogP contribution in [-0.4, -0.2) is 23.3 Å². The van der Waals surface area contributed by atoms with Gasteiger partial charge < -0.3 is 15.6 Å². The molecule has 0 aliphatic heterocycles. The Labute approximate surface area is 159 Å². The Bertz CT molecular complexity index is 950. The zero-order valence-corrected chi connectivity index (χ0v) is 15.9. The fraction of sp³-hybridized carbons (Fsp3) is 0.273. The van der Waals surface area contributed by atoms with Gasteiger partial charge in [0, 0.05) is 29.3 Å². The van der Waals surface area contributed by atoms with Gasteiger partial charge in [-0.15, -0.1) is 0 Å². The molecule has 0 saturated heterocycles. The summed E-state index contributed by atoms with van der Waals surface area (Å²) in [7, 11) is 0. The first-order valence-corrected chi connectivity index (χ1v) is 9.09. The predicted molar refractivity (Wildman–Crippen MR) is 109 cm³/mol. The number of aromatic nitrogens is 1. The van der Waals surface area contributed by atoms with E-state index in [1.165, 1.54) is 5.56 Å². The third-order valence-corrected chi connectivity index (χ3v) is 4.57. The van der Waals surface area contributed by atoms with Crippen LogP contribution in [0.25, 0.3) is 10.9 Å². The quantitative estimate of drug-likeness (QED) is 0.618. The number of rotatable bonds is 4. The number of para-hydroxylation sites is 1. The molecule has 5 nitrogen and oxygen atoms in total. The largest absolute Gasteiger partial charge is 0.361 e. The molecular weight excluding hydrogens is 338 g/mol. The van der Waals surface area contributed by atoms with E-state index in [4.69, 9.17) is 0 Å². The first kappa shape index (κ1) is 18.7. The van der Waals surface area contributed by atoms with E-state index >= 15 is 0 Å². The number of carbonyl (C=O) groups excluding carboxylic acids is 2. The summed E-state index contributed by atoms with van der Waals surface area (Å²) < 4.78 is 0. The minimum absolute atomic E-state index is 0.0440. The number of hydrogen-bond acceptors (Lipinski definition) is 2. The molecule has 3 aromatic rings. The predicted octanol–water partition coefficient (Wildman–Crippen LogP) is 3.76. The van der Waals surface area contributed by atoms with Crippen molar-refractivity contribution in [2.45, 2.75) is 32.6 Å². The Kier molecular flexibility index (Phi) is 5.31. The van der Waals surface area contributed by atoms with Gasteiger partial charge in [-0.2, -0.15) is 0 Å². The lowest BCUT2D eigenvalue weighted by molar-refractivity contribution is -0.136. The summed E-state index contributed by atoms with van der Waals surface area (Å²) in [6.07, 6.45) is 2.59. The maximum Gasteiger partial charge on any atom is 0.313 e. The van der Waals surface area contributed by atoms with Crippen molar-refractivity contribution in [2.24, 2.45) is 0 Å². The van der Waals surface area contributed by atoms with Crippen molar-refractivity contribution in [1.82, 2.24) is 10.3 Å². The van der Waals surface area contributed by atoms with Gasteiger partial charge in [0.15, 0.2) is 0 Å². The van der Waals surface area contributed by atoms with Crippen LogP contribution in [-0.2, 0) is 21.4 Å². The zero-order chi connectivity index (χ0) is 19.4. The molecule has 0 aliphatic carbocycles. The van der Waals surface area contributed by atoms with E-state index in [1.54, 1.807) is 0 Å². The Morgan fingerprint density at radius 2 is 1.67 bits per heavy atom. The number of carbonyl (C=O) groups is 2. The summed E-state index contributed by atoms with van der Waals surface area (Å²) >= 11 is 0. The van der Waals surface area contributed by atoms with Gasteiger partial charge in [0.05, 0.1) is 0 Å². The van der Waals surface area contributed by atoms with Crippen molar-refractivity contribution >= 4 is 28.4 Å². The summed E-state index contributed by atoms with van der Waals surface area (Å²) in [5.41, 5.74) is 4.00. The molecule has 3 N–H and O–H groups in total. The van der Waals surface area contributed by atoms with Crippen LogP contribution in [0, 0.1) is 0 Å². The standard InChI is InChI=1S/C22H25N3O2/c1-22(2,3)16-8-10-17(11-9-16)25-21(27)20(26)23-13-12-15-14-24-19-7-5-4-6-18(15)19/h4-11,14,24H,12-13H2,1-3H3,(H,23,26)(H,25,27). The summed E-state index contributed by atoms with van der Waals surface area (Å²) in [6, 6.07) is 15.6. The minimum atomic E-state index is -0.655. The normalized spacial score (nSPS) is 11.4. The smallest absolute Gasteiger partial charge is 0.313 e. The van der Waals surface area contributed by atoms with Crippen LogP contribution < -0.4 is 10.6 Å². The second-order valence-electron chi connectivity index (χ2n) is 7.65. The maximum atomic E-state index is 12.1. The molecule has 1 heterocycles. The summed E-state index contributed by atoms with van der Waals surface area (Å²) in [5, 5.41) is 6.45. The fourth-order valence-corrected chi connectivity index (χ4v) is 2.97. The van der Waals surface area contributed by atoms with Gasteiger partial charge in [-0.1, -0.05) is 51.1 Å². The molecule has 0 unspecified atom stereocenters. The van der Waals surface area contributed by atoms with Crippen LogP contribution in [0.2, 0.25) is 0 Å². The third-order valence-electron chi connectivity index (χ3n) is 4.57. The zero-order valence-electron chi connectivity index (χ0n) is 15.9. The van der Waals surface area contributed by atoms with E-state index in [9.17, 15) is 9.59 Å². The average molecular weight is 363 g/mol. The molecule has 27 heavy (non-hydrogen) atoms. The number of nitrogens with one attached hydrogen (secondary N) is 3. The molecule has 0 fully saturated rings. The lowest BCUT2D eigenvalue weighted by atomic mass is 9.87. The van der Waals surface area contributed by atoms with Gasteiger partial charge in [0.2, 0.25) is 0 Å².